The van der Waals surface area contributed by atoms with Crippen LogP contribution < -0.4 is 5.32 Å². The van der Waals surface area contributed by atoms with Gasteiger partial charge in [0.15, 0.2) is 0 Å². The quantitative estimate of drug-likeness (QED) is 0.736. The Hall–Kier alpha value is -1.32. The molecular weight excluding hydrogens is 178 g/mol. The zero-order valence-electron chi connectivity index (χ0n) is 8.31. The van der Waals surface area contributed by atoms with Crippen molar-refractivity contribution >= 4 is 6.03 Å². The zero-order chi connectivity index (χ0) is 9.97. The first-order chi connectivity index (χ1) is 6.75. The molecule has 0 radical (unpaired) electrons. The van der Waals surface area contributed by atoms with Gasteiger partial charge in [0, 0.05) is 18.4 Å². The number of imidazole rings is 1. The van der Waals surface area contributed by atoms with Gasteiger partial charge in [-0.25, -0.2) is 9.78 Å². The van der Waals surface area contributed by atoms with E-state index >= 15 is 0 Å². The second kappa shape index (κ2) is 3.82. The molecule has 14 heavy (non-hydrogen) atoms. The number of hydrogen-bond acceptors (Lipinski definition) is 2. The number of amides is 1. The van der Waals surface area contributed by atoms with Crippen LogP contribution in [0.5, 0.6) is 0 Å². The Morgan fingerprint density at radius 1 is 1.57 bits per heavy atom. The summed E-state index contributed by atoms with van der Waals surface area (Å²) in [4.78, 5) is 15.4. The van der Waals surface area contributed by atoms with Crippen LogP contribution in [0.4, 0.5) is 4.79 Å². The maximum atomic E-state index is 11.6. The summed E-state index contributed by atoms with van der Waals surface area (Å²) in [5.41, 5.74) is 0. The molecule has 1 saturated carbocycles. The van der Waals surface area contributed by atoms with Gasteiger partial charge >= 0.3 is 6.03 Å². The highest BCUT2D eigenvalue weighted by atomic mass is 16.2. The Balaban J connectivity index is 1.89. The van der Waals surface area contributed by atoms with E-state index in [2.05, 4.69) is 17.2 Å². The SMILES string of the molecule is CC1CCC(NC(=O)n2ccnc2)C1. The van der Waals surface area contributed by atoms with Crippen molar-refractivity contribution in [1.29, 1.82) is 0 Å². The largest absolute Gasteiger partial charge is 0.335 e. The molecule has 1 heterocycles. The van der Waals surface area contributed by atoms with Gasteiger partial charge < -0.3 is 5.32 Å². The minimum atomic E-state index is -0.0680. The highest BCUT2D eigenvalue weighted by Crippen LogP contribution is 2.24. The Labute approximate surface area is 83.3 Å². The lowest BCUT2D eigenvalue weighted by Crippen LogP contribution is -2.35. The summed E-state index contributed by atoms with van der Waals surface area (Å²) >= 11 is 0. The van der Waals surface area contributed by atoms with Crippen molar-refractivity contribution in [3.05, 3.63) is 18.7 Å². The molecule has 76 valence electrons. The molecular formula is C10H15N3O. The fourth-order valence-corrected chi connectivity index (χ4v) is 1.97. The molecule has 1 aromatic rings. The van der Waals surface area contributed by atoms with Crippen LogP contribution in [0.2, 0.25) is 0 Å². The maximum Gasteiger partial charge on any atom is 0.327 e. The van der Waals surface area contributed by atoms with Gasteiger partial charge in [0.1, 0.15) is 6.33 Å². The van der Waals surface area contributed by atoms with Crippen molar-refractivity contribution in [3.8, 4) is 0 Å². The molecule has 2 atom stereocenters. The fourth-order valence-electron chi connectivity index (χ4n) is 1.97. The van der Waals surface area contributed by atoms with Gasteiger partial charge in [-0.05, 0) is 25.2 Å². The van der Waals surface area contributed by atoms with E-state index in [0.29, 0.717) is 6.04 Å². The molecule has 0 spiro atoms. The summed E-state index contributed by atoms with van der Waals surface area (Å²) in [5.74, 6) is 0.739. The van der Waals surface area contributed by atoms with Crippen molar-refractivity contribution < 1.29 is 4.79 Å². The van der Waals surface area contributed by atoms with Gasteiger partial charge in [-0.1, -0.05) is 6.92 Å². The maximum absolute atomic E-state index is 11.6. The third-order valence-corrected chi connectivity index (χ3v) is 2.76. The third kappa shape index (κ3) is 1.95. The fraction of sp³-hybridized carbons (Fsp3) is 0.600. The van der Waals surface area contributed by atoms with Crippen LogP contribution in [0.25, 0.3) is 0 Å². The number of carbonyl (C=O) groups is 1. The molecule has 2 unspecified atom stereocenters. The summed E-state index contributed by atoms with van der Waals surface area (Å²) < 4.78 is 1.48. The van der Waals surface area contributed by atoms with Gasteiger partial charge in [0.05, 0.1) is 0 Å². The van der Waals surface area contributed by atoms with E-state index in [1.54, 1.807) is 12.4 Å². The van der Waals surface area contributed by atoms with Crippen LogP contribution in [-0.4, -0.2) is 21.6 Å². The summed E-state index contributed by atoms with van der Waals surface area (Å²) in [5, 5.41) is 3.00. The van der Waals surface area contributed by atoms with Crippen LogP contribution in [0, 0.1) is 5.92 Å². The number of nitrogens with zero attached hydrogens (tertiary/aromatic N) is 2. The Morgan fingerprint density at radius 2 is 2.43 bits per heavy atom. The van der Waals surface area contributed by atoms with Crippen molar-refractivity contribution in [1.82, 2.24) is 14.9 Å². The molecule has 1 aliphatic rings. The molecule has 1 aromatic heterocycles. The Morgan fingerprint density at radius 3 is 3.00 bits per heavy atom. The molecule has 1 N–H and O–H groups in total. The second-order valence-electron chi connectivity index (χ2n) is 4.03. The topological polar surface area (TPSA) is 46.9 Å². The van der Waals surface area contributed by atoms with Gasteiger partial charge in [0.2, 0.25) is 0 Å². The number of aromatic nitrogens is 2. The van der Waals surface area contributed by atoms with Crippen molar-refractivity contribution in [2.75, 3.05) is 0 Å². The van der Waals surface area contributed by atoms with E-state index in [1.165, 1.54) is 17.3 Å². The van der Waals surface area contributed by atoms with Gasteiger partial charge in [-0.3, -0.25) is 4.57 Å². The molecule has 2 rings (SSSR count). The molecule has 0 bridgehead atoms. The lowest BCUT2D eigenvalue weighted by molar-refractivity contribution is 0.238. The predicted octanol–water partition coefficient (Wildman–Crippen LogP) is 1.63. The summed E-state index contributed by atoms with van der Waals surface area (Å²) in [6.45, 7) is 2.23. The van der Waals surface area contributed by atoms with Crippen molar-refractivity contribution in [2.45, 2.75) is 32.2 Å². The van der Waals surface area contributed by atoms with Crippen molar-refractivity contribution in [3.63, 3.8) is 0 Å². The summed E-state index contributed by atoms with van der Waals surface area (Å²) in [6.07, 6.45) is 8.20. The van der Waals surface area contributed by atoms with Gasteiger partial charge in [-0.2, -0.15) is 0 Å². The van der Waals surface area contributed by atoms with Crippen LogP contribution in [0.3, 0.4) is 0 Å². The van der Waals surface area contributed by atoms with Crippen LogP contribution in [-0.2, 0) is 0 Å². The first-order valence-corrected chi connectivity index (χ1v) is 5.04. The Kier molecular flexibility index (Phi) is 2.52. The molecule has 1 fully saturated rings. The molecule has 4 heteroatoms. The summed E-state index contributed by atoms with van der Waals surface area (Å²) in [6, 6.07) is 0.279. The normalized spacial score (nSPS) is 26.4. The van der Waals surface area contributed by atoms with E-state index in [-0.39, 0.29) is 6.03 Å². The number of nitrogens with one attached hydrogen (secondary N) is 1. The van der Waals surface area contributed by atoms with Crippen LogP contribution in [0.1, 0.15) is 26.2 Å². The minimum Gasteiger partial charge on any atom is -0.335 e. The highest BCUT2D eigenvalue weighted by Gasteiger charge is 2.22. The van der Waals surface area contributed by atoms with Crippen molar-refractivity contribution in [2.24, 2.45) is 5.92 Å². The van der Waals surface area contributed by atoms with E-state index < -0.39 is 0 Å². The molecule has 1 aliphatic carbocycles. The van der Waals surface area contributed by atoms with Crippen LogP contribution >= 0.6 is 0 Å². The molecule has 0 aromatic carbocycles. The molecule has 0 saturated heterocycles. The Bertz CT molecular complexity index is 307. The summed E-state index contributed by atoms with van der Waals surface area (Å²) in [7, 11) is 0. The van der Waals surface area contributed by atoms with E-state index in [4.69, 9.17) is 0 Å². The molecule has 4 nitrogen and oxygen atoms in total. The first kappa shape index (κ1) is 9.24. The molecule has 1 amide bonds. The first-order valence-electron chi connectivity index (χ1n) is 5.04. The lowest BCUT2D eigenvalue weighted by atomic mass is 10.1. The standard InChI is InChI=1S/C10H15N3O/c1-8-2-3-9(6-8)12-10(14)13-5-4-11-7-13/h4-5,7-9H,2-3,6H2,1H3,(H,12,14). The minimum absolute atomic E-state index is 0.0680. The van der Waals surface area contributed by atoms with Crippen LogP contribution in [0.15, 0.2) is 18.7 Å². The van der Waals surface area contributed by atoms with Gasteiger partial charge in [-0.15, -0.1) is 0 Å². The predicted molar refractivity (Wildman–Crippen MR) is 53.0 cm³/mol. The average molecular weight is 193 g/mol. The lowest BCUT2D eigenvalue weighted by Gasteiger charge is -2.11. The number of carbonyl (C=O) groups excluding carboxylic acids is 1. The van der Waals surface area contributed by atoms with E-state index in [0.717, 1.165) is 18.8 Å². The highest BCUT2D eigenvalue weighted by molar-refractivity contribution is 5.76. The third-order valence-electron chi connectivity index (χ3n) is 2.76. The number of rotatable bonds is 1. The van der Waals surface area contributed by atoms with E-state index in [1.807, 2.05) is 0 Å². The molecule has 0 aliphatic heterocycles. The van der Waals surface area contributed by atoms with E-state index in [9.17, 15) is 4.79 Å². The monoisotopic (exact) mass is 193 g/mol. The second-order valence-corrected chi connectivity index (χ2v) is 4.03. The smallest absolute Gasteiger partial charge is 0.327 e. The zero-order valence-corrected chi connectivity index (χ0v) is 8.31. The number of hydrogen-bond donors (Lipinski definition) is 1. The average Bonchev–Trinajstić information content (AvgIpc) is 2.75. The van der Waals surface area contributed by atoms with Gasteiger partial charge in [0.25, 0.3) is 0 Å².